The number of fused-ring (bicyclic) bond motifs is 1. The van der Waals surface area contributed by atoms with Crippen LogP contribution in [0.25, 0.3) is 5.65 Å². The van der Waals surface area contributed by atoms with Crippen LogP contribution in [0.15, 0.2) is 41.3 Å². The van der Waals surface area contributed by atoms with E-state index in [0.29, 0.717) is 21.7 Å². The van der Waals surface area contributed by atoms with Gasteiger partial charge < -0.3 is 14.6 Å². The van der Waals surface area contributed by atoms with E-state index < -0.39 is 6.09 Å². The smallest absolute Gasteiger partial charge is 0.413 e. The molecule has 10 heteroatoms. The van der Waals surface area contributed by atoms with E-state index in [0.717, 1.165) is 4.90 Å². The number of rotatable bonds is 6. The third kappa shape index (κ3) is 3.69. The molecule has 0 unspecified atom stereocenters. The van der Waals surface area contributed by atoms with Crippen LogP contribution >= 0.6 is 15.9 Å². The number of halogens is 1. The van der Waals surface area contributed by atoms with Crippen molar-refractivity contribution in [2.45, 2.75) is 0 Å². The van der Waals surface area contributed by atoms with Gasteiger partial charge in [-0.2, -0.15) is 14.6 Å². The fraction of sp³-hybridized carbons (Fsp3) is 0.200. The van der Waals surface area contributed by atoms with Crippen LogP contribution in [0.1, 0.15) is 0 Å². The molecule has 0 spiro atoms. The molecule has 0 atom stereocenters. The second kappa shape index (κ2) is 7.45. The van der Waals surface area contributed by atoms with E-state index in [1.54, 1.807) is 18.3 Å². The molecule has 3 heterocycles. The van der Waals surface area contributed by atoms with Crippen molar-refractivity contribution in [1.82, 2.24) is 19.6 Å². The number of hydrogen-bond acceptors (Lipinski definition) is 6. The zero-order valence-electron chi connectivity index (χ0n) is 13.2. The first-order valence-electron chi connectivity index (χ1n) is 7.21. The number of ether oxygens (including phenoxy) is 2. The van der Waals surface area contributed by atoms with Crippen LogP contribution in [0.3, 0.4) is 0 Å². The quantitative estimate of drug-likeness (QED) is 0.669. The Bertz CT molecular complexity index is 886. The summed E-state index contributed by atoms with van der Waals surface area (Å²) in [5.74, 6) is 0.999. The molecule has 0 fully saturated rings. The monoisotopic (exact) mass is 407 g/mol. The highest BCUT2D eigenvalue weighted by molar-refractivity contribution is 9.10. The van der Waals surface area contributed by atoms with Gasteiger partial charge in [0, 0.05) is 19.4 Å². The predicted molar refractivity (Wildman–Crippen MR) is 92.2 cm³/mol. The summed E-state index contributed by atoms with van der Waals surface area (Å²) in [5, 5.41) is 13.7. The molecule has 130 valence electrons. The summed E-state index contributed by atoms with van der Waals surface area (Å²) in [4.78, 5) is 21.1. The molecule has 0 saturated heterocycles. The van der Waals surface area contributed by atoms with Gasteiger partial charge in [-0.1, -0.05) is 0 Å². The Morgan fingerprint density at radius 3 is 2.96 bits per heavy atom. The second-order valence-electron chi connectivity index (χ2n) is 4.90. The van der Waals surface area contributed by atoms with Crippen molar-refractivity contribution in [3.63, 3.8) is 0 Å². The molecule has 0 saturated carbocycles. The summed E-state index contributed by atoms with van der Waals surface area (Å²) in [7, 11) is 1.50. The number of carbonyl (C=O) groups is 1. The molecule has 1 N–H and O–H groups in total. The number of nitrogens with zero attached hydrogens (tertiary/aromatic N) is 5. The van der Waals surface area contributed by atoms with Crippen molar-refractivity contribution in [2.24, 2.45) is 0 Å². The van der Waals surface area contributed by atoms with Crippen molar-refractivity contribution in [3.05, 3.63) is 41.3 Å². The molecular formula is C15H14BrN5O4. The molecule has 0 aliphatic heterocycles. The Labute approximate surface area is 151 Å². The zero-order chi connectivity index (χ0) is 17.8. The lowest BCUT2D eigenvalue weighted by Gasteiger charge is -2.20. The van der Waals surface area contributed by atoms with Gasteiger partial charge >= 0.3 is 6.09 Å². The summed E-state index contributed by atoms with van der Waals surface area (Å²) >= 11 is 3.36. The van der Waals surface area contributed by atoms with Crippen molar-refractivity contribution in [1.29, 1.82) is 0 Å². The standard InChI is InChI=1S/C15H14BrN5O4/c1-24-6-5-20(15(22)23)13-7-12(25-10-3-2-4-17-8-10)19-14-11(16)9-18-21(13)14/h2-4,7-9H,5-6H2,1H3,(H,22,23). The van der Waals surface area contributed by atoms with Crippen LogP contribution in [-0.4, -0.2) is 51.0 Å². The van der Waals surface area contributed by atoms with Gasteiger partial charge in [0.05, 0.1) is 30.0 Å². The van der Waals surface area contributed by atoms with E-state index >= 15 is 0 Å². The summed E-state index contributed by atoms with van der Waals surface area (Å²) in [6.45, 7) is 0.367. The summed E-state index contributed by atoms with van der Waals surface area (Å²) in [5.41, 5.74) is 0.431. The maximum absolute atomic E-state index is 11.7. The summed E-state index contributed by atoms with van der Waals surface area (Å²) in [6.07, 6.45) is 3.57. The van der Waals surface area contributed by atoms with Gasteiger partial charge in [-0.3, -0.25) is 9.88 Å². The topological polar surface area (TPSA) is 102 Å². The number of carboxylic acid groups (broad SMARTS) is 1. The van der Waals surface area contributed by atoms with Crippen molar-refractivity contribution < 1.29 is 19.4 Å². The molecule has 0 bridgehead atoms. The molecule has 3 rings (SSSR count). The van der Waals surface area contributed by atoms with Crippen LogP contribution in [-0.2, 0) is 4.74 Å². The minimum atomic E-state index is -1.14. The highest BCUT2D eigenvalue weighted by atomic mass is 79.9. The van der Waals surface area contributed by atoms with E-state index in [9.17, 15) is 9.90 Å². The van der Waals surface area contributed by atoms with Gasteiger partial charge in [-0.05, 0) is 28.1 Å². The molecule has 25 heavy (non-hydrogen) atoms. The minimum absolute atomic E-state index is 0.134. The molecular weight excluding hydrogens is 394 g/mol. The molecule has 9 nitrogen and oxygen atoms in total. The fourth-order valence-corrected chi connectivity index (χ4v) is 2.51. The Hall–Kier alpha value is -2.72. The lowest BCUT2D eigenvalue weighted by Crippen LogP contribution is -2.34. The molecule has 1 amide bonds. The van der Waals surface area contributed by atoms with E-state index in [-0.39, 0.29) is 19.0 Å². The predicted octanol–water partition coefficient (Wildman–Crippen LogP) is 2.81. The maximum Gasteiger partial charge on any atom is 0.413 e. The van der Waals surface area contributed by atoms with Gasteiger partial charge in [-0.25, -0.2) is 4.79 Å². The number of methoxy groups -OCH3 is 1. The van der Waals surface area contributed by atoms with Crippen molar-refractivity contribution >= 4 is 33.5 Å². The SMILES string of the molecule is COCCN(C(=O)O)c1cc(Oc2cccnc2)nc2c(Br)cnn12. The van der Waals surface area contributed by atoms with Crippen molar-refractivity contribution in [2.75, 3.05) is 25.2 Å². The summed E-state index contributed by atoms with van der Waals surface area (Å²) in [6, 6.07) is 4.96. The average Bonchev–Trinajstić information content (AvgIpc) is 2.97. The Kier molecular flexibility index (Phi) is 5.10. The van der Waals surface area contributed by atoms with Gasteiger partial charge in [0.1, 0.15) is 11.6 Å². The highest BCUT2D eigenvalue weighted by Crippen LogP contribution is 2.28. The summed E-state index contributed by atoms with van der Waals surface area (Å²) < 4.78 is 12.7. The first-order valence-corrected chi connectivity index (χ1v) is 8.01. The lowest BCUT2D eigenvalue weighted by molar-refractivity contribution is 0.186. The molecule has 3 aromatic heterocycles. The van der Waals surface area contributed by atoms with E-state index in [2.05, 4.69) is 31.0 Å². The van der Waals surface area contributed by atoms with Gasteiger partial charge in [0.2, 0.25) is 5.88 Å². The third-order valence-corrected chi connectivity index (χ3v) is 3.83. The number of hydrogen-bond donors (Lipinski definition) is 1. The minimum Gasteiger partial charge on any atom is -0.465 e. The van der Waals surface area contributed by atoms with Crippen LogP contribution in [0.5, 0.6) is 11.6 Å². The first kappa shape index (κ1) is 17.1. The van der Waals surface area contributed by atoms with Gasteiger partial charge in [-0.15, -0.1) is 0 Å². The van der Waals surface area contributed by atoms with Crippen LogP contribution in [0, 0.1) is 0 Å². The third-order valence-electron chi connectivity index (χ3n) is 3.27. The maximum atomic E-state index is 11.7. The fourth-order valence-electron chi connectivity index (χ4n) is 2.16. The molecule has 0 aliphatic carbocycles. The number of pyridine rings is 1. The van der Waals surface area contributed by atoms with E-state index in [4.69, 9.17) is 9.47 Å². The lowest BCUT2D eigenvalue weighted by atomic mass is 10.4. The number of anilines is 1. The van der Waals surface area contributed by atoms with Gasteiger partial charge in [0.15, 0.2) is 5.65 Å². The molecule has 3 aromatic rings. The second-order valence-corrected chi connectivity index (χ2v) is 5.75. The Balaban J connectivity index is 2.07. The first-order chi connectivity index (χ1) is 12.1. The van der Waals surface area contributed by atoms with E-state index in [1.807, 2.05) is 0 Å². The Morgan fingerprint density at radius 2 is 2.28 bits per heavy atom. The van der Waals surface area contributed by atoms with Crippen LogP contribution in [0.2, 0.25) is 0 Å². The van der Waals surface area contributed by atoms with Crippen molar-refractivity contribution in [3.8, 4) is 11.6 Å². The Morgan fingerprint density at radius 1 is 1.44 bits per heavy atom. The van der Waals surface area contributed by atoms with Crippen LogP contribution < -0.4 is 9.64 Å². The number of aromatic nitrogens is 4. The van der Waals surface area contributed by atoms with Gasteiger partial charge in [0.25, 0.3) is 0 Å². The molecule has 0 aromatic carbocycles. The number of amides is 1. The zero-order valence-corrected chi connectivity index (χ0v) is 14.8. The molecule has 0 radical (unpaired) electrons. The molecule has 0 aliphatic rings. The highest BCUT2D eigenvalue weighted by Gasteiger charge is 2.21. The average molecular weight is 408 g/mol. The van der Waals surface area contributed by atoms with Crippen LogP contribution in [0.4, 0.5) is 10.6 Å². The normalized spacial score (nSPS) is 10.8. The van der Waals surface area contributed by atoms with E-state index in [1.165, 1.54) is 30.1 Å². The largest absolute Gasteiger partial charge is 0.465 e.